The molecule has 2 aromatic rings. The monoisotopic (exact) mass is 274 g/mol. The highest BCUT2D eigenvalue weighted by Crippen LogP contribution is 2.08. The number of hydrogen-bond donors (Lipinski definition) is 2. The Morgan fingerprint density at radius 3 is 2.95 bits per heavy atom. The van der Waals surface area contributed by atoms with Crippen LogP contribution in [0.5, 0.6) is 0 Å². The van der Waals surface area contributed by atoms with Crippen LogP contribution in [0.25, 0.3) is 0 Å². The van der Waals surface area contributed by atoms with Gasteiger partial charge in [-0.1, -0.05) is 12.1 Å². The van der Waals surface area contributed by atoms with Gasteiger partial charge in [-0.05, 0) is 23.6 Å². The predicted octanol–water partition coefficient (Wildman–Crippen LogP) is 1.83. The second-order valence-electron chi connectivity index (χ2n) is 4.09. The fourth-order valence-electron chi connectivity index (χ4n) is 1.66. The van der Waals surface area contributed by atoms with Crippen molar-refractivity contribution in [2.45, 2.75) is 12.8 Å². The van der Waals surface area contributed by atoms with Gasteiger partial charge in [-0.15, -0.1) is 11.3 Å². The number of pyridine rings is 1. The summed E-state index contributed by atoms with van der Waals surface area (Å²) >= 11 is 1.75. The highest BCUT2D eigenvalue weighted by atomic mass is 32.1. The van der Waals surface area contributed by atoms with Gasteiger partial charge < -0.3 is 11.1 Å². The van der Waals surface area contributed by atoms with E-state index in [2.05, 4.69) is 32.8 Å². The predicted molar refractivity (Wildman–Crippen MR) is 80.5 cm³/mol. The Balaban J connectivity index is 1.65. The lowest BCUT2D eigenvalue weighted by Gasteiger charge is -2.05. The summed E-state index contributed by atoms with van der Waals surface area (Å²) in [5.74, 6) is 0.507. The van der Waals surface area contributed by atoms with Crippen molar-refractivity contribution >= 4 is 17.3 Å². The van der Waals surface area contributed by atoms with E-state index in [0.717, 1.165) is 31.6 Å². The van der Waals surface area contributed by atoms with Crippen molar-refractivity contribution < 1.29 is 0 Å². The highest BCUT2D eigenvalue weighted by Gasteiger charge is 1.96. The molecule has 0 aliphatic rings. The molecule has 0 spiro atoms. The zero-order chi connectivity index (χ0) is 13.3. The molecule has 2 rings (SSSR count). The summed E-state index contributed by atoms with van der Waals surface area (Å²) in [7, 11) is 0. The van der Waals surface area contributed by atoms with E-state index in [-0.39, 0.29) is 0 Å². The summed E-state index contributed by atoms with van der Waals surface area (Å²) in [6.07, 6.45) is 3.59. The minimum Gasteiger partial charge on any atom is -0.370 e. The summed E-state index contributed by atoms with van der Waals surface area (Å²) < 4.78 is 0. The molecular weight excluding hydrogens is 256 g/mol. The first-order valence-corrected chi connectivity index (χ1v) is 7.18. The van der Waals surface area contributed by atoms with E-state index in [4.69, 9.17) is 5.73 Å². The van der Waals surface area contributed by atoms with Crippen LogP contribution in [0.1, 0.15) is 10.6 Å². The Labute approximate surface area is 117 Å². The second-order valence-corrected chi connectivity index (χ2v) is 5.13. The second kappa shape index (κ2) is 7.53. The first kappa shape index (κ1) is 13.5. The molecule has 3 N–H and O–H groups in total. The molecule has 0 fully saturated rings. The van der Waals surface area contributed by atoms with Gasteiger partial charge in [0.25, 0.3) is 0 Å². The van der Waals surface area contributed by atoms with Gasteiger partial charge in [0.1, 0.15) is 0 Å². The topological polar surface area (TPSA) is 63.3 Å². The standard InChI is InChI=1S/C14H18N4S/c15-14(18-10-7-13-5-3-11-19-13)17-9-6-12-4-1-2-8-16-12/h1-5,8,11H,6-7,9-10H2,(H3,15,17,18). The lowest BCUT2D eigenvalue weighted by atomic mass is 10.3. The first-order chi connectivity index (χ1) is 9.34. The Hall–Kier alpha value is -1.88. The largest absolute Gasteiger partial charge is 0.370 e. The van der Waals surface area contributed by atoms with E-state index in [0.29, 0.717) is 5.96 Å². The van der Waals surface area contributed by atoms with Gasteiger partial charge in [0, 0.05) is 42.7 Å². The minimum absolute atomic E-state index is 0.507. The Morgan fingerprint density at radius 1 is 1.26 bits per heavy atom. The minimum atomic E-state index is 0.507. The van der Waals surface area contributed by atoms with Gasteiger partial charge >= 0.3 is 0 Å². The van der Waals surface area contributed by atoms with Gasteiger partial charge in [0.2, 0.25) is 0 Å². The Bertz CT molecular complexity index is 493. The van der Waals surface area contributed by atoms with E-state index in [1.807, 2.05) is 18.2 Å². The van der Waals surface area contributed by atoms with Crippen molar-refractivity contribution in [2.75, 3.05) is 13.1 Å². The molecule has 2 heterocycles. The normalized spacial score (nSPS) is 11.5. The maximum Gasteiger partial charge on any atom is 0.188 e. The van der Waals surface area contributed by atoms with Crippen molar-refractivity contribution in [3.63, 3.8) is 0 Å². The molecule has 0 saturated carbocycles. The third kappa shape index (κ3) is 5.09. The molecule has 19 heavy (non-hydrogen) atoms. The zero-order valence-corrected chi connectivity index (χ0v) is 11.6. The van der Waals surface area contributed by atoms with E-state index in [9.17, 15) is 0 Å². The molecule has 0 unspecified atom stereocenters. The van der Waals surface area contributed by atoms with Crippen LogP contribution < -0.4 is 11.1 Å². The summed E-state index contributed by atoms with van der Waals surface area (Å²) in [5, 5.41) is 5.18. The van der Waals surface area contributed by atoms with Crippen molar-refractivity contribution in [3.8, 4) is 0 Å². The fourth-order valence-corrected chi connectivity index (χ4v) is 2.36. The number of nitrogens with two attached hydrogens (primary N) is 1. The molecular formula is C14H18N4S. The molecule has 0 aromatic carbocycles. The van der Waals surface area contributed by atoms with Crippen molar-refractivity contribution in [1.82, 2.24) is 10.3 Å². The number of rotatable bonds is 6. The maximum absolute atomic E-state index is 5.80. The Morgan fingerprint density at radius 2 is 2.21 bits per heavy atom. The van der Waals surface area contributed by atoms with E-state index in [1.165, 1.54) is 4.88 Å². The number of thiophene rings is 1. The molecule has 0 aliphatic carbocycles. The van der Waals surface area contributed by atoms with Crippen LogP contribution >= 0.6 is 11.3 Å². The van der Waals surface area contributed by atoms with E-state index < -0.39 is 0 Å². The third-order valence-corrected chi connectivity index (χ3v) is 3.57. The van der Waals surface area contributed by atoms with E-state index >= 15 is 0 Å². The van der Waals surface area contributed by atoms with Crippen molar-refractivity contribution in [1.29, 1.82) is 0 Å². The number of guanidine groups is 1. The highest BCUT2D eigenvalue weighted by molar-refractivity contribution is 7.09. The molecule has 4 nitrogen and oxygen atoms in total. The number of aromatic nitrogens is 1. The molecule has 0 aliphatic heterocycles. The van der Waals surface area contributed by atoms with Crippen LogP contribution in [0.4, 0.5) is 0 Å². The van der Waals surface area contributed by atoms with Crippen LogP contribution in [0, 0.1) is 0 Å². The maximum atomic E-state index is 5.80. The molecule has 2 aromatic heterocycles. The number of hydrogen-bond acceptors (Lipinski definition) is 3. The summed E-state index contributed by atoms with van der Waals surface area (Å²) in [6, 6.07) is 10.1. The van der Waals surface area contributed by atoms with Gasteiger partial charge in [0.05, 0.1) is 0 Å². The van der Waals surface area contributed by atoms with Crippen LogP contribution in [0.2, 0.25) is 0 Å². The third-order valence-electron chi connectivity index (χ3n) is 2.63. The molecule has 0 radical (unpaired) electrons. The van der Waals surface area contributed by atoms with Gasteiger partial charge in [-0.2, -0.15) is 0 Å². The Kier molecular flexibility index (Phi) is 5.37. The first-order valence-electron chi connectivity index (χ1n) is 6.30. The lowest BCUT2D eigenvalue weighted by Crippen LogP contribution is -2.33. The lowest BCUT2D eigenvalue weighted by molar-refractivity contribution is 0.826. The number of aliphatic imine (C=N–C) groups is 1. The smallest absolute Gasteiger partial charge is 0.188 e. The van der Waals surface area contributed by atoms with Gasteiger partial charge in [-0.25, -0.2) is 0 Å². The average molecular weight is 274 g/mol. The van der Waals surface area contributed by atoms with Crippen molar-refractivity contribution in [2.24, 2.45) is 10.7 Å². The van der Waals surface area contributed by atoms with E-state index in [1.54, 1.807) is 17.5 Å². The number of nitrogens with one attached hydrogen (secondary N) is 1. The number of nitrogens with zero attached hydrogens (tertiary/aromatic N) is 2. The van der Waals surface area contributed by atoms with Crippen LogP contribution in [-0.4, -0.2) is 24.0 Å². The molecule has 5 heteroatoms. The summed E-state index contributed by atoms with van der Waals surface area (Å²) in [5.41, 5.74) is 6.86. The molecule has 0 atom stereocenters. The average Bonchev–Trinajstić information content (AvgIpc) is 2.93. The van der Waals surface area contributed by atoms with Gasteiger partial charge in [0.15, 0.2) is 5.96 Å². The van der Waals surface area contributed by atoms with Crippen molar-refractivity contribution in [3.05, 3.63) is 52.5 Å². The van der Waals surface area contributed by atoms with Crippen LogP contribution in [0.3, 0.4) is 0 Å². The fraction of sp³-hybridized carbons (Fsp3) is 0.286. The summed E-state index contributed by atoms with van der Waals surface area (Å²) in [4.78, 5) is 9.89. The zero-order valence-electron chi connectivity index (χ0n) is 10.7. The molecule has 0 bridgehead atoms. The quantitative estimate of drug-likeness (QED) is 0.624. The van der Waals surface area contributed by atoms with Crippen LogP contribution in [0.15, 0.2) is 46.9 Å². The SMILES string of the molecule is NC(=NCCc1cccs1)NCCc1ccccn1. The summed E-state index contributed by atoms with van der Waals surface area (Å²) in [6.45, 7) is 1.48. The molecule has 0 saturated heterocycles. The molecule has 0 amide bonds. The van der Waals surface area contributed by atoms with Crippen LogP contribution in [-0.2, 0) is 12.8 Å². The molecule has 100 valence electrons. The van der Waals surface area contributed by atoms with Gasteiger partial charge in [-0.3, -0.25) is 9.98 Å².